The molecule has 0 saturated heterocycles. The first-order valence-corrected chi connectivity index (χ1v) is 8.35. The topological polar surface area (TPSA) is 38.8 Å². The minimum atomic E-state index is -0.0178. The molecule has 126 valence electrons. The Bertz CT molecular complexity index is 632. The van der Waals surface area contributed by atoms with Gasteiger partial charge >= 0.3 is 0 Å². The maximum atomic E-state index is 11.7. The molecule has 0 saturated carbocycles. The monoisotopic (exact) mass is 317 g/mol. The van der Waals surface area contributed by atoms with Crippen molar-refractivity contribution in [1.82, 2.24) is 0 Å². The first-order chi connectivity index (χ1) is 10.8. The maximum absolute atomic E-state index is 11.7. The minimum Gasteiger partial charge on any atom is -0.466 e. The average molecular weight is 317 g/mol. The first kappa shape index (κ1) is 16.3. The molecule has 4 nitrogen and oxygen atoms in total. The summed E-state index contributed by atoms with van der Waals surface area (Å²) in [5.74, 6) is 0.702. The molecule has 0 N–H and O–H groups in total. The number of nitrogens with zero attached hydrogens (tertiary/aromatic N) is 1. The number of ether oxygens (including phenoxy) is 2. The molecule has 3 rings (SSSR count). The highest BCUT2D eigenvalue weighted by Crippen LogP contribution is 2.53. The van der Waals surface area contributed by atoms with Gasteiger partial charge in [-0.25, -0.2) is 0 Å². The van der Waals surface area contributed by atoms with Gasteiger partial charge in [0, 0.05) is 31.5 Å². The molecule has 0 aromatic heterocycles. The van der Waals surface area contributed by atoms with E-state index in [1.165, 1.54) is 16.8 Å². The quantitative estimate of drug-likeness (QED) is 0.627. The normalized spacial score (nSPS) is 20.8. The molecule has 2 aliphatic heterocycles. The van der Waals surface area contributed by atoms with E-state index in [2.05, 4.69) is 32.6 Å². The van der Waals surface area contributed by atoms with Crippen molar-refractivity contribution in [3.8, 4) is 5.75 Å². The Balaban J connectivity index is 2.32. The van der Waals surface area contributed by atoms with Crippen molar-refractivity contribution in [3.05, 3.63) is 22.8 Å². The first-order valence-electron chi connectivity index (χ1n) is 8.35. The molecule has 0 radical (unpaired) electrons. The fraction of sp³-hybridized carbons (Fsp3) is 0.632. The van der Waals surface area contributed by atoms with Crippen LogP contribution >= 0.6 is 0 Å². The molecule has 0 amide bonds. The van der Waals surface area contributed by atoms with E-state index in [-0.39, 0.29) is 17.6 Å². The van der Waals surface area contributed by atoms with Crippen LogP contribution in [-0.2, 0) is 15.6 Å². The molecule has 0 spiro atoms. The summed E-state index contributed by atoms with van der Waals surface area (Å²) in [6.45, 7) is 11.3. The standard InChI is InChI=1S/C19H27NO3/c1-18(2)6-8-20-9-7-19(3,4)15-16(20)14(18)10-13(11-21)17(15)23-12-22-5/h10-11H,6-9,12H2,1-5H3. The fourth-order valence-corrected chi connectivity index (χ4v) is 3.93. The number of carbonyl (C=O) groups is 1. The van der Waals surface area contributed by atoms with E-state index in [0.717, 1.165) is 32.2 Å². The van der Waals surface area contributed by atoms with Gasteiger partial charge in [0.25, 0.3) is 0 Å². The highest BCUT2D eigenvalue weighted by Gasteiger charge is 2.42. The molecular weight excluding hydrogens is 290 g/mol. The Morgan fingerprint density at radius 2 is 1.83 bits per heavy atom. The summed E-state index contributed by atoms with van der Waals surface area (Å²) in [7, 11) is 1.60. The third-order valence-corrected chi connectivity index (χ3v) is 5.46. The molecule has 1 aromatic rings. The van der Waals surface area contributed by atoms with Gasteiger partial charge in [-0.3, -0.25) is 4.79 Å². The molecule has 2 heterocycles. The van der Waals surface area contributed by atoms with Crippen molar-refractivity contribution in [2.75, 3.05) is 31.9 Å². The van der Waals surface area contributed by atoms with Crippen LogP contribution in [0, 0.1) is 0 Å². The Morgan fingerprint density at radius 1 is 1.17 bits per heavy atom. The lowest BCUT2D eigenvalue weighted by Gasteiger charge is -2.48. The van der Waals surface area contributed by atoms with Crippen molar-refractivity contribution in [3.63, 3.8) is 0 Å². The number of rotatable bonds is 4. The molecule has 0 unspecified atom stereocenters. The van der Waals surface area contributed by atoms with Crippen LogP contribution in [0.5, 0.6) is 5.75 Å². The lowest BCUT2D eigenvalue weighted by atomic mass is 9.69. The zero-order valence-corrected chi connectivity index (χ0v) is 14.9. The Labute approximate surface area is 138 Å². The zero-order valence-electron chi connectivity index (χ0n) is 14.9. The van der Waals surface area contributed by atoms with E-state index >= 15 is 0 Å². The lowest BCUT2D eigenvalue weighted by Crippen LogP contribution is -2.45. The zero-order chi connectivity index (χ0) is 16.8. The summed E-state index contributed by atoms with van der Waals surface area (Å²) in [6, 6.07) is 2.03. The van der Waals surface area contributed by atoms with E-state index in [9.17, 15) is 4.79 Å². The van der Waals surface area contributed by atoms with Crippen LogP contribution < -0.4 is 9.64 Å². The van der Waals surface area contributed by atoms with E-state index < -0.39 is 0 Å². The summed E-state index contributed by atoms with van der Waals surface area (Å²) < 4.78 is 11.0. The lowest BCUT2D eigenvalue weighted by molar-refractivity contribution is 0.0489. The predicted octanol–water partition coefficient (Wildman–Crippen LogP) is 3.65. The number of methoxy groups -OCH3 is 1. The molecule has 1 aromatic carbocycles. The van der Waals surface area contributed by atoms with E-state index in [1.807, 2.05) is 6.07 Å². The molecular formula is C19H27NO3. The Kier molecular flexibility index (Phi) is 3.91. The summed E-state index contributed by atoms with van der Waals surface area (Å²) in [5, 5.41) is 0. The minimum absolute atomic E-state index is 0.0178. The van der Waals surface area contributed by atoms with Gasteiger partial charge in [-0.1, -0.05) is 27.7 Å². The average Bonchev–Trinajstić information content (AvgIpc) is 2.50. The van der Waals surface area contributed by atoms with Crippen molar-refractivity contribution >= 4 is 12.0 Å². The second-order valence-electron chi connectivity index (χ2n) is 7.99. The van der Waals surface area contributed by atoms with Crippen LogP contribution in [0.3, 0.4) is 0 Å². The molecule has 0 aliphatic carbocycles. The third-order valence-electron chi connectivity index (χ3n) is 5.46. The van der Waals surface area contributed by atoms with Crippen LogP contribution in [-0.4, -0.2) is 33.3 Å². The van der Waals surface area contributed by atoms with Crippen molar-refractivity contribution in [1.29, 1.82) is 0 Å². The van der Waals surface area contributed by atoms with Crippen LogP contribution in [0.4, 0.5) is 5.69 Å². The van der Waals surface area contributed by atoms with Gasteiger partial charge in [0.2, 0.25) is 0 Å². The van der Waals surface area contributed by atoms with Gasteiger partial charge in [0.05, 0.1) is 5.56 Å². The highest BCUT2D eigenvalue weighted by molar-refractivity contribution is 5.86. The second kappa shape index (κ2) is 5.52. The fourth-order valence-electron chi connectivity index (χ4n) is 3.93. The largest absolute Gasteiger partial charge is 0.466 e. The molecule has 0 fully saturated rings. The van der Waals surface area contributed by atoms with E-state index in [1.54, 1.807) is 7.11 Å². The van der Waals surface area contributed by atoms with E-state index in [0.29, 0.717) is 11.3 Å². The molecule has 0 atom stereocenters. The van der Waals surface area contributed by atoms with Crippen molar-refractivity contribution in [2.45, 2.75) is 51.4 Å². The molecule has 4 heteroatoms. The maximum Gasteiger partial charge on any atom is 0.188 e. The van der Waals surface area contributed by atoms with Gasteiger partial charge < -0.3 is 14.4 Å². The Hall–Kier alpha value is -1.55. The molecule has 23 heavy (non-hydrogen) atoms. The van der Waals surface area contributed by atoms with Crippen LogP contribution in [0.1, 0.15) is 62.0 Å². The summed E-state index contributed by atoms with van der Waals surface area (Å²) in [4.78, 5) is 14.2. The number of benzene rings is 1. The second-order valence-corrected chi connectivity index (χ2v) is 7.99. The van der Waals surface area contributed by atoms with Gasteiger partial charge in [-0.15, -0.1) is 0 Å². The van der Waals surface area contributed by atoms with Gasteiger partial charge in [0.15, 0.2) is 13.1 Å². The van der Waals surface area contributed by atoms with Gasteiger partial charge in [-0.05, 0) is 35.3 Å². The van der Waals surface area contributed by atoms with Gasteiger partial charge in [0.1, 0.15) is 5.75 Å². The predicted molar refractivity (Wildman–Crippen MR) is 91.8 cm³/mol. The summed E-state index contributed by atoms with van der Waals surface area (Å²) >= 11 is 0. The van der Waals surface area contributed by atoms with Crippen molar-refractivity contribution < 1.29 is 14.3 Å². The van der Waals surface area contributed by atoms with Crippen LogP contribution in [0.15, 0.2) is 6.07 Å². The smallest absolute Gasteiger partial charge is 0.188 e. The third kappa shape index (κ3) is 2.53. The van der Waals surface area contributed by atoms with Crippen LogP contribution in [0.25, 0.3) is 0 Å². The number of carbonyl (C=O) groups excluding carboxylic acids is 1. The SMILES string of the molecule is COCOc1c(C=O)cc2c3c1C(C)(C)CCN3CCC2(C)C. The van der Waals surface area contributed by atoms with E-state index in [4.69, 9.17) is 9.47 Å². The molecule has 0 bridgehead atoms. The highest BCUT2D eigenvalue weighted by atomic mass is 16.7. The van der Waals surface area contributed by atoms with Crippen LogP contribution in [0.2, 0.25) is 0 Å². The summed E-state index contributed by atoms with van der Waals surface area (Å²) in [5.41, 5.74) is 4.43. The Morgan fingerprint density at radius 3 is 2.43 bits per heavy atom. The molecule has 2 aliphatic rings. The van der Waals surface area contributed by atoms with Crippen molar-refractivity contribution in [2.24, 2.45) is 0 Å². The summed E-state index contributed by atoms with van der Waals surface area (Å²) in [6.07, 6.45) is 3.09. The number of anilines is 1. The number of aldehydes is 1. The van der Waals surface area contributed by atoms with Gasteiger partial charge in [-0.2, -0.15) is 0 Å². The number of hydrogen-bond acceptors (Lipinski definition) is 4. The number of hydrogen-bond donors (Lipinski definition) is 0.